The van der Waals surface area contributed by atoms with Gasteiger partial charge in [0, 0.05) is 24.1 Å². The molecule has 0 radical (unpaired) electrons. The van der Waals surface area contributed by atoms with Gasteiger partial charge in [0.1, 0.15) is 46.4 Å². The van der Waals surface area contributed by atoms with Gasteiger partial charge in [-0.3, -0.25) is 24.0 Å². The number of sulfonamides is 1. The number of amides is 4. The molecular formula is C40H54F3N5O9S. The van der Waals surface area contributed by atoms with Crippen LogP contribution in [0.4, 0.5) is 18.0 Å². The van der Waals surface area contributed by atoms with E-state index in [4.69, 9.17) is 9.47 Å². The van der Waals surface area contributed by atoms with Gasteiger partial charge in [-0.05, 0) is 69.8 Å². The zero-order valence-corrected chi connectivity index (χ0v) is 34.5. The molecule has 0 bridgehead atoms. The summed E-state index contributed by atoms with van der Waals surface area (Å²) in [7, 11) is -2.96. The Morgan fingerprint density at radius 2 is 1.74 bits per heavy atom. The van der Waals surface area contributed by atoms with E-state index >= 15 is 13.6 Å². The Morgan fingerprint density at radius 3 is 2.34 bits per heavy atom. The minimum absolute atomic E-state index is 0.0413. The van der Waals surface area contributed by atoms with Crippen LogP contribution in [0.25, 0.3) is 10.8 Å². The molecule has 58 heavy (non-hydrogen) atoms. The number of ether oxygens (including phenoxy) is 2. The first-order valence-electron chi connectivity index (χ1n) is 19.9. The molecule has 18 heteroatoms. The first kappa shape index (κ1) is 43.2. The average molecular weight is 838 g/mol. The Bertz CT molecular complexity index is 2040. The lowest BCUT2D eigenvalue weighted by Gasteiger charge is -2.47. The third-order valence-corrected chi connectivity index (χ3v) is 15.1. The van der Waals surface area contributed by atoms with E-state index in [1.807, 2.05) is 6.92 Å². The Hall–Kier alpha value is -4.35. The van der Waals surface area contributed by atoms with Gasteiger partial charge in [0.2, 0.25) is 27.7 Å². The molecule has 3 N–H and O–H groups in total. The van der Waals surface area contributed by atoms with Crippen molar-refractivity contribution in [1.29, 1.82) is 0 Å². The van der Waals surface area contributed by atoms with Crippen molar-refractivity contribution < 1.29 is 55.3 Å². The number of hydrogen-bond acceptors (Lipinski definition) is 9. The van der Waals surface area contributed by atoms with Crippen LogP contribution in [-0.2, 0) is 24.4 Å². The predicted molar refractivity (Wildman–Crippen MR) is 207 cm³/mol. The summed E-state index contributed by atoms with van der Waals surface area (Å²) in [5.74, 6) is -7.07. The van der Waals surface area contributed by atoms with E-state index in [0.29, 0.717) is 60.4 Å². The van der Waals surface area contributed by atoms with Crippen molar-refractivity contribution in [2.75, 3.05) is 20.3 Å². The van der Waals surface area contributed by atoms with Gasteiger partial charge in [-0.15, -0.1) is 0 Å². The van der Waals surface area contributed by atoms with Crippen LogP contribution < -0.4 is 19.5 Å². The predicted octanol–water partition coefficient (Wildman–Crippen LogP) is 5.43. The monoisotopic (exact) mass is 837 g/mol. The van der Waals surface area contributed by atoms with Crippen LogP contribution in [0.5, 0.6) is 11.6 Å². The molecule has 1 aromatic carbocycles. The smallest absolute Gasteiger partial charge is 0.408 e. The summed E-state index contributed by atoms with van der Waals surface area (Å²) >= 11 is 0. The Balaban J connectivity index is 1.42. The van der Waals surface area contributed by atoms with Crippen LogP contribution in [0.15, 0.2) is 30.5 Å². The quantitative estimate of drug-likeness (QED) is 0.279. The fourth-order valence-corrected chi connectivity index (χ4v) is 10.2. The van der Waals surface area contributed by atoms with Gasteiger partial charge < -0.3 is 24.8 Å². The molecule has 4 aliphatic rings. The second kappa shape index (κ2) is 15.7. The van der Waals surface area contributed by atoms with Crippen molar-refractivity contribution in [3.8, 4) is 11.6 Å². The topological polar surface area (TPSA) is 185 Å². The number of alkyl halides is 3. The van der Waals surface area contributed by atoms with Crippen molar-refractivity contribution in [2.45, 2.75) is 132 Å². The fraction of sp³-hybridized carbons (Fsp3) is 0.675. The van der Waals surface area contributed by atoms with Crippen LogP contribution in [0.3, 0.4) is 0 Å². The molecular weight excluding hydrogens is 784 g/mol. The summed E-state index contributed by atoms with van der Waals surface area (Å²) in [6.07, 6.45) is 1.40. The van der Waals surface area contributed by atoms with Crippen molar-refractivity contribution in [3.63, 3.8) is 0 Å². The molecule has 1 aromatic heterocycles. The first-order valence-corrected chi connectivity index (χ1v) is 21.3. The molecule has 2 aromatic rings. The fourth-order valence-electron chi connectivity index (χ4n) is 8.79. The number of pyridine rings is 1. The van der Waals surface area contributed by atoms with E-state index in [1.54, 1.807) is 31.2 Å². The number of nitrogens with zero attached hydrogens (tertiary/aromatic N) is 3. The Labute approximate surface area is 336 Å². The third kappa shape index (κ3) is 7.88. The average Bonchev–Trinajstić information content (AvgIpc) is 4.06. The number of carboxylic acid groups (broad SMARTS) is 1. The molecule has 4 fully saturated rings. The van der Waals surface area contributed by atoms with Gasteiger partial charge >= 0.3 is 6.09 Å². The van der Waals surface area contributed by atoms with Crippen LogP contribution in [0, 0.1) is 17.8 Å². The first-order chi connectivity index (χ1) is 27.1. The highest BCUT2D eigenvalue weighted by atomic mass is 32.2. The Kier molecular flexibility index (Phi) is 11.7. The molecule has 0 spiro atoms. The van der Waals surface area contributed by atoms with Crippen molar-refractivity contribution >= 4 is 44.6 Å². The lowest BCUT2D eigenvalue weighted by atomic mass is 9.83. The van der Waals surface area contributed by atoms with Gasteiger partial charge in [-0.25, -0.2) is 31.4 Å². The number of aromatic nitrogens is 1. The van der Waals surface area contributed by atoms with Crippen molar-refractivity contribution in [1.82, 2.24) is 24.8 Å². The number of rotatable bonds is 10. The summed E-state index contributed by atoms with van der Waals surface area (Å²) in [5.41, 5.74) is -4.08. The molecule has 2 aliphatic heterocycles. The lowest BCUT2D eigenvalue weighted by molar-refractivity contribution is -0.156. The molecule has 14 nitrogen and oxygen atoms in total. The van der Waals surface area contributed by atoms with Crippen LogP contribution in [0.1, 0.15) is 92.4 Å². The van der Waals surface area contributed by atoms with Crippen molar-refractivity contribution in [2.24, 2.45) is 17.8 Å². The molecule has 2 aliphatic carbocycles. The number of carbonyl (C=O) groups excluding carboxylic acids is 3. The van der Waals surface area contributed by atoms with E-state index in [0.717, 1.165) is 18.7 Å². The summed E-state index contributed by atoms with van der Waals surface area (Å²) in [5, 5.41) is 14.6. The van der Waals surface area contributed by atoms with Crippen LogP contribution in [0.2, 0.25) is 0 Å². The highest BCUT2D eigenvalue weighted by Gasteiger charge is 2.64. The van der Waals surface area contributed by atoms with E-state index in [1.165, 1.54) is 13.3 Å². The number of hydrogen-bond donors (Lipinski definition) is 3. The third-order valence-electron chi connectivity index (χ3n) is 13.0. The summed E-state index contributed by atoms with van der Waals surface area (Å²) in [4.78, 5) is 62.8. The largest absolute Gasteiger partial charge is 0.494 e. The normalized spacial score (nSPS) is 29.2. The van der Waals surface area contributed by atoms with Crippen LogP contribution in [-0.4, -0.2) is 112 Å². The number of carbonyl (C=O) groups is 4. The zero-order valence-electron chi connectivity index (χ0n) is 33.7. The maximum Gasteiger partial charge on any atom is 0.408 e. The maximum atomic E-state index is 15.4. The van der Waals surface area contributed by atoms with Gasteiger partial charge in [0.05, 0.1) is 19.9 Å². The van der Waals surface area contributed by atoms with Crippen LogP contribution >= 0.6 is 0 Å². The zero-order chi connectivity index (χ0) is 42.6. The number of fused-ring (bicyclic) bond motifs is 3. The number of nitrogens with one attached hydrogen (secondary N) is 2. The van der Waals surface area contributed by atoms with Crippen molar-refractivity contribution in [3.05, 3.63) is 30.5 Å². The van der Waals surface area contributed by atoms with E-state index in [9.17, 15) is 32.3 Å². The van der Waals surface area contributed by atoms with Gasteiger partial charge in [-0.2, -0.15) is 0 Å². The second-order valence-electron chi connectivity index (χ2n) is 17.4. The number of methoxy groups -OCH3 is 1. The molecule has 6 rings (SSSR count). The molecule has 3 heterocycles. The second-order valence-corrected chi connectivity index (χ2v) is 19.5. The van der Waals surface area contributed by atoms with E-state index in [-0.39, 0.29) is 44.0 Å². The SMILES string of the molecule is COc1cnc(O[C@@H]2C[C@H]3C(=O)N[C@]4(C(=O)NS(=O)(=O)C5(CF)CC5)C[C@H]4CCCC[C@H](C)C[C@@H](C)[C@H](N(C(=O)O)C(C)(C)C(C)(F)F)C(=O)N3C2)c2ccccc12. The molecule has 7 atom stereocenters. The molecule has 4 amide bonds. The highest BCUT2D eigenvalue weighted by Crippen LogP contribution is 2.50. The lowest BCUT2D eigenvalue weighted by Crippen LogP contribution is -2.66. The number of halogens is 3. The highest BCUT2D eigenvalue weighted by molar-refractivity contribution is 7.91. The molecule has 320 valence electrons. The summed E-state index contributed by atoms with van der Waals surface area (Å²) < 4.78 is 83.2. The number of benzene rings is 1. The minimum atomic E-state index is -4.45. The summed E-state index contributed by atoms with van der Waals surface area (Å²) in [6.45, 7) is 4.80. The molecule has 2 saturated heterocycles. The maximum absolute atomic E-state index is 15.4. The van der Waals surface area contributed by atoms with E-state index < -0.39 is 92.3 Å². The standard InChI is InChI=1S/C40H54F3N5O9S/c1-23-11-7-8-12-25-19-40(25,35(51)46-58(54,55)39(22-41)15-16-39)45-32(49)29-18-26(57-33-28-14-10-9-13-27(28)30(56-6)20-44-33)21-47(29)34(50)31(24(2)17-23)48(36(52)53)37(3,4)38(5,42)43/h9-10,13-14,20,23-26,29,31H,7-8,11-12,15-19,21-22H2,1-6H3,(H,45,49)(H,46,51)(H,52,53)/t23-,24+,25+,26+,29-,31-,40+/m0/s1. The van der Waals surface area contributed by atoms with Gasteiger partial charge in [0.25, 0.3) is 11.8 Å². The Morgan fingerprint density at radius 1 is 1.09 bits per heavy atom. The summed E-state index contributed by atoms with van der Waals surface area (Å²) in [6, 6.07) is 4.02. The van der Waals surface area contributed by atoms with E-state index in [2.05, 4.69) is 15.0 Å². The van der Waals surface area contributed by atoms with Gasteiger partial charge in [0.15, 0.2) is 0 Å². The molecule has 2 saturated carbocycles. The van der Waals surface area contributed by atoms with Gasteiger partial charge in [-0.1, -0.05) is 51.3 Å². The minimum Gasteiger partial charge on any atom is -0.494 e. The molecule has 0 unspecified atom stereocenters.